The molecule has 20 heavy (non-hydrogen) atoms. The lowest BCUT2D eigenvalue weighted by Gasteiger charge is -2.12. The van der Waals surface area contributed by atoms with Gasteiger partial charge in [0.1, 0.15) is 6.33 Å². The maximum Gasteiger partial charge on any atom is 0.257 e. The summed E-state index contributed by atoms with van der Waals surface area (Å²) in [5.41, 5.74) is 3.16. The molecule has 2 rings (SSSR count). The third-order valence-corrected chi connectivity index (χ3v) is 2.80. The van der Waals surface area contributed by atoms with Crippen LogP contribution in [0.1, 0.15) is 29.3 Å². The van der Waals surface area contributed by atoms with Gasteiger partial charge in [-0.3, -0.25) is 4.79 Å². The fraction of sp³-hybridized carbons (Fsp3) is 0.267. The van der Waals surface area contributed by atoms with Gasteiger partial charge >= 0.3 is 0 Å². The molecule has 5 heteroatoms. The molecule has 0 spiro atoms. The summed E-state index contributed by atoms with van der Waals surface area (Å²) in [6.07, 6.45) is 5.56. The van der Waals surface area contributed by atoms with E-state index in [1.165, 1.54) is 6.33 Å². The van der Waals surface area contributed by atoms with Gasteiger partial charge in [-0.2, -0.15) is 0 Å². The lowest BCUT2D eigenvalue weighted by atomic mass is 10.1. The van der Waals surface area contributed by atoms with Gasteiger partial charge in [-0.1, -0.05) is 13.0 Å². The molecule has 1 amide bonds. The molecular weight excluding hydrogens is 252 g/mol. The van der Waals surface area contributed by atoms with Gasteiger partial charge < -0.3 is 10.6 Å². The molecule has 0 aliphatic rings. The van der Waals surface area contributed by atoms with Crippen LogP contribution in [0.15, 0.2) is 36.9 Å². The average Bonchev–Trinajstić information content (AvgIpc) is 2.46. The Hall–Kier alpha value is -2.43. The molecule has 1 aromatic carbocycles. The third kappa shape index (κ3) is 3.54. The first-order valence-electron chi connectivity index (χ1n) is 6.61. The van der Waals surface area contributed by atoms with Crippen LogP contribution in [0.2, 0.25) is 0 Å². The van der Waals surface area contributed by atoms with E-state index in [-0.39, 0.29) is 5.91 Å². The van der Waals surface area contributed by atoms with Crippen LogP contribution < -0.4 is 10.6 Å². The number of carbonyl (C=O) groups is 1. The number of rotatable bonds is 5. The summed E-state index contributed by atoms with van der Waals surface area (Å²) < 4.78 is 0. The molecule has 0 radical (unpaired) electrons. The highest BCUT2D eigenvalue weighted by atomic mass is 16.1. The minimum absolute atomic E-state index is 0.168. The number of anilines is 2. The van der Waals surface area contributed by atoms with E-state index in [1.807, 2.05) is 25.1 Å². The molecule has 0 fully saturated rings. The number of nitrogens with zero attached hydrogens (tertiary/aromatic N) is 2. The summed E-state index contributed by atoms with van der Waals surface area (Å²) in [6, 6.07) is 5.73. The number of benzene rings is 1. The van der Waals surface area contributed by atoms with Gasteiger partial charge in [0.05, 0.1) is 23.6 Å². The first-order valence-corrected chi connectivity index (χ1v) is 6.61. The van der Waals surface area contributed by atoms with Crippen LogP contribution in [0.4, 0.5) is 11.4 Å². The molecule has 0 atom stereocenters. The normalized spacial score (nSPS) is 10.1. The van der Waals surface area contributed by atoms with Gasteiger partial charge in [-0.05, 0) is 31.0 Å². The summed E-state index contributed by atoms with van der Waals surface area (Å²) >= 11 is 0. The maximum atomic E-state index is 12.3. The highest BCUT2D eigenvalue weighted by Crippen LogP contribution is 2.19. The Balaban J connectivity index is 2.20. The van der Waals surface area contributed by atoms with Crippen molar-refractivity contribution in [2.24, 2.45) is 0 Å². The van der Waals surface area contributed by atoms with Crippen LogP contribution in [0.25, 0.3) is 0 Å². The van der Waals surface area contributed by atoms with Gasteiger partial charge in [0.2, 0.25) is 0 Å². The van der Waals surface area contributed by atoms with Crippen molar-refractivity contribution in [3.63, 3.8) is 0 Å². The molecule has 2 N–H and O–H groups in total. The maximum absolute atomic E-state index is 12.3. The number of amides is 1. The highest BCUT2D eigenvalue weighted by Gasteiger charge is 2.11. The molecule has 0 bridgehead atoms. The molecule has 2 aromatic rings. The molecular formula is C15H18N4O. The zero-order valence-corrected chi connectivity index (χ0v) is 11.7. The van der Waals surface area contributed by atoms with Crippen LogP contribution in [-0.4, -0.2) is 22.4 Å². The monoisotopic (exact) mass is 270 g/mol. The highest BCUT2D eigenvalue weighted by molar-refractivity contribution is 6.08. The second-order valence-corrected chi connectivity index (χ2v) is 4.56. The first-order chi connectivity index (χ1) is 9.70. The molecule has 0 saturated carbocycles. The summed E-state index contributed by atoms with van der Waals surface area (Å²) in [5.74, 6) is -0.168. The Morgan fingerprint density at radius 3 is 2.70 bits per heavy atom. The van der Waals surface area contributed by atoms with Gasteiger partial charge in [-0.25, -0.2) is 9.97 Å². The van der Waals surface area contributed by atoms with Gasteiger partial charge in [0.15, 0.2) is 0 Å². The molecule has 0 aliphatic heterocycles. The van der Waals surface area contributed by atoms with E-state index < -0.39 is 0 Å². The van der Waals surface area contributed by atoms with Crippen molar-refractivity contribution in [3.05, 3.63) is 48.0 Å². The van der Waals surface area contributed by atoms with Crippen molar-refractivity contribution in [3.8, 4) is 0 Å². The fourth-order valence-corrected chi connectivity index (χ4v) is 1.82. The van der Waals surface area contributed by atoms with Crippen LogP contribution in [-0.2, 0) is 0 Å². The largest absolute Gasteiger partial charge is 0.384 e. The minimum Gasteiger partial charge on any atom is -0.384 e. The van der Waals surface area contributed by atoms with E-state index in [0.29, 0.717) is 11.3 Å². The van der Waals surface area contributed by atoms with Crippen LogP contribution in [0, 0.1) is 6.92 Å². The van der Waals surface area contributed by atoms with Crippen molar-refractivity contribution in [1.82, 2.24) is 9.97 Å². The zero-order chi connectivity index (χ0) is 14.4. The zero-order valence-electron chi connectivity index (χ0n) is 11.7. The molecule has 0 saturated heterocycles. The van der Waals surface area contributed by atoms with Crippen molar-refractivity contribution >= 4 is 17.3 Å². The number of nitrogens with one attached hydrogen (secondary N) is 2. The predicted octanol–water partition coefficient (Wildman–Crippen LogP) is 2.86. The Morgan fingerprint density at radius 2 is 2.00 bits per heavy atom. The summed E-state index contributed by atoms with van der Waals surface area (Å²) in [5, 5.41) is 6.07. The molecule has 0 unspecified atom stereocenters. The number of hydrogen-bond acceptors (Lipinski definition) is 4. The molecule has 104 valence electrons. The standard InChI is InChI=1S/C15H18N4O/c1-3-6-18-14-7-11(2)4-5-13(14)15(20)19-12-8-16-10-17-9-12/h4-5,7-10,18H,3,6H2,1-2H3,(H,19,20). The average molecular weight is 270 g/mol. The third-order valence-electron chi connectivity index (χ3n) is 2.80. The SMILES string of the molecule is CCCNc1cc(C)ccc1C(=O)Nc1cncnc1. The molecule has 5 nitrogen and oxygen atoms in total. The van der Waals surface area contributed by atoms with Crippen molar-refractivity contribution in [2.45, 2.75) is 20.3 Å². The Kier molecular flexibility index (Phi) is 4.65. The Morgan fingerprint density at radius 1 is 1.25 bits per heavy atom. The smallest absolute Gasteiger partial charge is 0.257 e. The van der Waals surface area contributed by atoms with E-state index in [4.69, 9.17) is 0 Å². The minimum atomic E-state index is -0.168. The van der Waals surface area contributed by atoms with E-state index in [1.54, 1.807) is 12.4 Å². The van der Waals surface area contributed by atoms with E-state index in [9.17, 15) is 4.79 Å². The molecule has 1 aromatic heterocycles. The van der Waals surface area contributed by atoms with Crippen LogP contribution >= 0.6 is 0 Å². The Labute approximate surface area is 118 Å². The van der Waals surface area contributed by atoms with Crippen molar-refractivity contribution in [2.75, 3.05) is 17.2 Å². The lowest BCUT2D eigenvalue weighted by molar-refractivity contribution is 0.102. The summed E-state index contributed by atoms with van der Waals surface area (Å²) in [7, 11) is 0. The van der Waals surface area contributed by atoms with Crippen LogP contribution in [0.5, 0.6) is 0 Å². The quantitative estimate of drug-likeness (QED) is 0.876. The van der Waals surface area contributed by atoms with E-state index >= 15 is 0 Å². The van der Waals surface area contributed by atoms with Crippen molar-refractivity contribution < 1.29 is 4.79 Å². The first kappa shape index (κ1) is 14.0. The van der Waals surface area contributed by atoms with E-state index in [0.717, 1.165) is 24.2 Å². The predicted molar refractivity (Wildman–Crippen MR) is 79.9 cm³/mol. The second-order valence-electron chi connectivity index (χ2n) is 4.56. The number of carbonyl (C=O) groups excluding carboxylic acids is 1. The van der Waals surface area contributed by atoms with Gasteiger partial charge in [-0.15, -0.1) is 0 Å². The van der Waals surface area contributed by atoms with Crippen molar-refractivity contribution in [1.29, 1.82) is 0 Å². The second kappa shape index (κ2) is 6.65. The summed E-state index contributed by atoms with van der Waals surface area (Å²) in [6.45, 7) is 4.92. The lowest BCUT2D eigenvalue weighted by Crippen LogP contribution is -2.15. The van der Waals surface area contributed by atoms with Gasteiger partial charge in [0, 0.05) is 12.2 Å². The fourth-order valence-electron chi connectivity index (χ4n) is 1.82. The van der Waals surface area contributed by atoms with Gasteiger partial charge in [0.25, 0.3) is 5.91 Å². The van der Waals surface area contributed by atoms with Crippen LogP contribution in [0.3, 0.4) is 0 Å². The topological polar surface area (TPSA) is 66.9 Å². The Bertz CT molecular complexity index is 584. The summed E-state index contributed by atoms with van der Waals surface area (Å²) in [4.78, 5) is 20.1. The number of hydrogen-bond donors (Lipinski definition) is 2. The van der Waals surface area contributed by atoms with E-state index in [2.05, 4.69) is 27.5 Å². The number of aromatic nitrogens is 2. The molecule has 0 aliphatic carbocycles. The molecule has 1 heterocycles. The number of aryl methyl sites for hydroxylation is 1.